The van der Waals surface area contributed by atoms with Crippen LogP contribution in [0, 0.1) is 6.39 Å². The van der Waals surface area contributed by atoms with Gasteiger partial charge in [0.25, 0.3) is 12.3 Å². The molecule has 10 heavy (non-hydrogen) atoms. The Morgan fingerprint density at radius 2 is 2.70 bits per heavy atom. The summed E-state index contributed by atoms with van der Waals surface area (Å²) in [6, 6.07) is 0. The Bertz CT molecular complexity index is 160. The second-order valence-corrected chi connectivity index (χ2v) is 1.98. The zero-order valence-corrected chi connectivity index (χ0v) is 5.96. The highest BCUT2D eigenvalue weighted by Crippen LogP contribution is 2.04. The maximum atomic E-state index is 5.15. The van der Waals surface area contributed by atoms with Gasteiger partial charge in [-0.05, 0) is 6.42 Å². The van der Waals surface area contributed by atoms with Gasteiger partial charge in [-0.25, -0.2) is 0 Å². The summed E-state index contributed by atoms with van der Waals surface area (Å²) in [5.41, 5.74) is 0. The van der Waals surface area contributed by atoms with Crippen LogP contribution in [0.5, 0.6) is 5.88 Å². The lowest BCUT2D eigenvalue weighted by Crippen LogP contribution is -1.95. The third-order valence-electron chi connectivity index (χ3n) is 1.12. The molecular weight excluding hydrogens is 130 g/mol. The molecule has 55 valence electrons. The Hall–Kier alpha value is -0.990. The fourth-order valence-corrected chi connectivity index (χ4v) is 0.562. The SMILES string of the molecule is CCCCOc1co[c]n1. The van der Waals surface area contributed by atoms with Crippen LogP contribution in [0.15, 0.2) is 10.7 Å². The lowest BCUT2D eigenvalue weighted by atomic mass is 10.4. The molecule has 0 bridgehead atoms. The zero-order valence-electron chi connectivity index (χ0n) is 5.96. The summed E-state index contributed by atoms with van der Waals surface area (Å²) in [7, 11) is 0. The van der Waals surface area contributed by atoms with Crippen LogP contribution in [0.2, 0.25) is 0 Å². The summed E-state index contributed by atoms with van der Waals surface area (Å²) in [5.74, 6) is 0.522. The standard InChI is InChI=1S/C7H10NO2/c1-2-3-4-10-7-5-9-6-8-7/h5H,2-4H2,1H3. The number of ether oxygens (including phenoxy) is 1. The van der Waals surface area contributed by atoms with Crippen LogP contribution >= 0.6 is 0 Å². The Labute approximate surface area is 60.0 Å². The van der Waals surface area contributed by atoms with Gasteiger partial charge in [-0.15, -0.1) is 0 Å². The van der Waals surface area contributed by atoms with Crippen LogP contribution in [0.1, 0.15) is 19.8 Å². The highest BCUT2D eigenvalue weighted by molar-refractivity contribution is 4.96. The number of aromatic nitrogens is 1. The van der Waals surface area contributed by atoms with Gasteiger partial charge in [-0.3, -0.25) is 0 Å². The number of rotatable bonds is 4. The molecule has 0 aliphatic carbocycles. The van der Waals surface area contributed by atoms with E-state index in [2.05, 4.69) is 22.7 Å². The summed E-state index contributed by atoms with van der Waals surface area (Å²) in [5, 5.41) is 0. The van der Waals surface area contributed by atoms with Gasteiger partial charge in [-0.2, -0.15) is 4.98 Å². The largest absolute Gasteiger partial charge is 0.475 e. The maximum absolute atomic E-state index is 5.15. The monoisotopic (exact) mass is 140 g/mol. The highest BCUT2D eigenvalue weighted by Gasteiger charge is 1.93. The van der Waals surface area contributed by atoms with Crippen LogP contribution in [0.25, 0.3) is 0 Å². The average Bonchev–Trinajstić information content (AvgIpc) is 2.41. The van der Waals surface area contributed by atoms with Crippen LogP contribution < -0.4 is 4.74 Å². The fourth-order valence-electron chi connectivity index (χ4n) is 0.562. The molecule has 0 unspecified atom stereocenters. The molecule has 1 aromatic heterocycles. The van der Waals surface area contributed by atoms with Crippen molar-refractivity contribution in [3.05, 3.63) is 12.7 Å². The van der Waals surface area contributed by atoms with Crippen molar-refractivity contribution in [1.29, 1.82) is 0 Å². The molecule has 3 nitrogen and oxygen atoms in total. The Morgan fingerprint density at radius 3 is 3.30 bits per heavy atom. The molecule has 1 heterocycles. The van der Waals surface area contributed by atoms with Crippen molar-refractivity contribution in [3.63, 3.8) is 0 Å². The maximum Gasteiger partial charge on any atom is 0.287 e. The first-order valence-corrected chi connectivity index (χ1v) is 3.38. The zero-order chi connectivity index (χ0) is 7.23. The third-order valence-corrected chi connectivity index (χ3v) is 1.12. The van der Waals surface area contributed by atoms with Gasteiger partial charge in [0, 0.05) is 0 Å². The van der Waals surface area contributed by atoms with Crippen molar-refractivity contribution in [2.75, 3.05) is 6.61 Å². The highest BCUT2D eigenvalue weighted by atomic mass is 16.5. The predicted octanol–water partition coefficient (Wildman–Crippen LogP) is 1.65. The number of unbranched alkanes of at least 4 members (excludes halogenated alkanes) is 1. The summed E-state index contributed by atoms with van der Waals surface area (Å²) < 4.78 is 9.73. The van der Waals surface area contributed by atoms with E-state index in [1.54, 1.807) is 0 Å². The quantitative estimate of drug-likeness (QED) is 0.596. The van der Waals surface area contributed by atoms with Crippen LogP contribution in [-0.2, 0) is 0 Å². The molecule has 0 saturated carbocycles. The van der Waals surface area contributed by atoms with Crippen molar-refractivity contribution >= 4 is 0 Å². The molecule has 0 aliphatic rings. The van der Waals surface area contributed by atoms with E-state index in [1.165, 1.54) is 6.26 Å². The van der Waals surface area contributed by atoms with Crippen LogP contribution in [0.4, 0.5) is 0 Å². The number of hydrogen-bond acceptors (Lipinski definition) is 3. The van der Waals surface area contributed by atoms with Crippen molar-refractivity contribution < 1.29 is 9.15 Å². The first-order chi connectivity index (χ1) is 4.93. The second kappa shape index (κ2) is 3.93. The van der Waals surface area contributed by atoms with E-state index in [1.807, 2.05) is 0 Å². The third kappa shape index (κ3) is 2.09. The molecule has 1 radical (unpaired) electrons. The van der Waals surface area contributed by atoms with Crippen LogP contribution in [0.3, 0.4) is 0 Å². The Morgan fingerprint density at radius 1 is 1.80 bits per heavy atom. The lowest BCUT2D eigenvalue weighted by Gasteiger charge is -1.97. The first-order valence-electron chi connectivity index (χ1n) is 3.38. The molecular formula is C7H10NO2. The molecule has 0 saturated heterocycles. The van der Waals surface area contributed by atoms with Crippen molar-refractivity contribution in [2.24, 2.45) is 0 Å². The van der Waals surface area contributed by atoms with E-state index in [4.69, 9.17) is 4.74 Å². The minimum absolute atomic E-state index is 0.522. The van der Waals surface area contributed by atoms with E-state index in [0.29, 0.717) is 12.5 Å². The van der Waals surface area contributed by atoms with Gasteiger partial charge < -0.3 is 9.15 Å². The van der Waals surface area contributed by atoms with Crippen molar-refractivity contribution in [1.82, 2.24) is 4.98 Å². The van der Waals surface area contributed by atoms with Crippen molar-refractivity contribution in [2.45, 2.75) is 19.8 Å². The molecule has 3 heteroatoms. The number of nitrogens with zero attached hydrogens (tertiary/aromatic N) is 1. The predicted molar refractivity (Wildman–Crippen MR) is 35.7 cm³/mol. The van der Waals surface area contributed by atoms with E-state index in [-0.39, 0.29) is 0 Å². The molecule has 1 rings (SSSR count). The van der Waals surface area contributed by atoms with E-state index >= 15 is 0 Å². The smallest absolute Gasteiger partial charge is 0.287 e. The molecule has 1 aromatic rings. The second-order valence-electron chi connectivity index (χ2n) is 1.98. The fraction of sp³-hybridized carbons (Fsp3) is 0.571. The molecule has 0 N–H and O–H groups in total. The van der Waals surface area contributed by atoms with Crippen LogP contribution in [-0.4, -0.2) is 11.6 Å². The van der Waals surface area contributed by atoms with Crippen molar-refractivity contribution in [3.8, 4) is 5.88 Å². The minimum atomic E-state index is 0.522. The van der Waals surface area contributed by atoms with E-state index in [0.717, 1.165) is 12.8 Å². The van der Waals surface area contributed by atoms with E-state index in [9.17, 15) is 0 Å². The summed E-state index contributed by atoms with van der Waals surface area (Å²) in [4.78, 5) is 3.67. The number of oxazole rings is 1. The molecule has 0 fully saturated rings. The summed E-state index contributed by atoms with van der Waals surface area (Å²) >= 11 is 0. The molecule has 0 aliphatic heterocycles. The first kappa shape index (κ1) is 7.12. The van der Waals surface area contributed by atoms with Gasteiger partial charge in [0.15, 0.2) is 6.26 Å². The molecule has 0 aromatic carbocycles. The topological polar surface area (TPSA) is 35.3 Å². The lowest BCUT2D eigenvalue weighted by molar-refractivity contribution is 0.297. The minimum Gasteiger partial charge on any atom is -0.475 e. The molecule has 0 spiro atoms. The normalized spacial score (nSPS) is 9.70. The summed E-state index contributed by atoms with van der Waals surface area (Å²) in [6.45, 7) is 2.81. The molecule has 0 atom stereocenters. The Kier molecular flexibility index (Phi) is 2.80. The number of hydrogen-bond donors (Lipinski definition) is 0. The van der Waals surface area contributed by atoms with Gasteiger partial charge in [-0.1, -0.05) is 13.3 Å². The van der Waals surface area contributed by atoms with Gasteiger partial charge in [0.1, 0.15) is 0 Å². The molecule has 0 amide bonds. The average molecular weight is 140 g/mol. The van der Waals surface area contributed by atoms with Gasteiger partial charge in [0.05, 0.1) is 6.61 Å². The van der Waals surface area contributed by atoms with E-state index < -0.39 is 0 Å². The Balaban J connectivity index is 2.15. The summed E-state index contributed by atoms with van der Waals surface area (Å²) in [6.07, 6.45) is 5.92. The van der Waals surface area contributed by atoms with Gasteiger partial charge >= 0.3 is 0 Å². The van der Waals surface area contributed by atoms with Gasteiger partial charge in [0.2, 0.25) is 0 Å².